The van der Waals surface area contributed by atoms with Crippen molar-refractivity contribution in [3.8, 4) is 0 Å². The summed E-state index contributed by atoms with van der Waals surface area (Å²) in [5, 5.41) is 43.5. The molecule has 0 bridgehead atoms. The Hall–Kier alpha value is -0.690. The first-order chi connectivity index (χ1) is 22.0. The van der Waals surface area contributed by atoms with Crippen LogP contribution in [-0.4, -0.2) is 57.3 Å². The second kappa shape index (κ2) is 34.6. The molecule has 270 valence electrons. The topological polar surface area (TPSA) is 110 Å². The van der Waals surface area contributed by atoms with Gasteiger partial charge in [0.05, 0.1) is 18.8 Å². The lowest BCUT2D eigenvalue weighted by Gasteiger charge is -2.27. The second-order valence-corrected chi connectivity index (χ2v) is 14.0. The van der Waals surface area contributed by atoms with E-state index in [4.69, 9.17) is 0 Å². The zero-order valence-corrected chi connectivity index (χ0v) is 30.1. The SMILES string of the molecule is CCCCCCCCCCCCCCCCCCCC(O)C(=O)N[C@@H](CO)[C@H](O)[C@H](O)CCCCCCCCCCCCCC. The van der Waals surface area contributed by atoms with Crippen molar-refractivity contribution in [2.45, 2.75) is 237 Å². The highest BCUT2D eigenvalue weighted by atomic mass is 16.3. The largest absolute Gasteiger partial charge is 0.394 e. The molecule has 45 heavy (non-hydrogen) atoms. The number of aliphatic hydroxyl groups excluding tert-OH is 4. The van der Waals surface area contributed by atoms with Crippen molar-refractivity contribution < 1.29 is 25.2 Å². The second-order valence-electron chi connectivity index (χ2n) is 14.0. The predicted octanol–water partition coefficient (Wildman–Crippen LogP) is 9.68. The van der Waals surface area contributed by atoms with Crippen LogP contribution in [0, 0.1) is 0 Å². The Balaban J connectivity index is 3.74. The van der Waals surface area contributed by atoms with Crippen LogP contribution >= 0.6 is 0 Å². The van der Waals surface area contributed by atoms with Gasteiger partial charge in [-0.25, -0.2) is 0 Å². The molecule has 0 fully saturated rings. The van der Waals surface area contributed by atoms with Gasteiger partial charge < -0.3 is 25.7 Å². The number of nitrogens with one attached hydrogen (secondary N) is 1. The minimum Gasteiger partial charge on any atom is -0.394 e. The number of hydrogen-bond donors (Lipinski definition) is 5. The predicted molar refractivity (Wildman–Crippen MR) is 192 cm³/mol. The minimum atomic E-state index is -1.25. The van der Waals surface area contributed by atoms with E-state index < -0.39 is 36.9 Å². The molecule has 0 heterocycles. The zero-order chi connectivity index (χ0) is 33.2. The molecule has 0 aliphatic carbocycles. The van der Waals surface area contributed by atoms with Crippen molar-refractivity contribution in [1.29, 1.82) is 0 Å². The first kappa shape index (κ1) is 44.3. The van der Waals surface area contributed by atoms with Crippen molar-refractivity contribution in [1.82, 2.24) is 5.32 Å². The van der Waals surface area contributed by atoms with Crippen LogP contribution in [0.5, 0.6) is 0 Å². The van der Waals surface area contributed by atoms with Gasteiger partial charge in [0.15, 0.2) is 0 Å². The Bertz CT molecular complexity index is 604. The van der Waals surface area contributed by atoms with Crippen molar-refractivity contribution in [2.24, 2.45) is 0 Å². The molecule has 1 amide bonds. The Labute approximate surface area is 279 Å². The fraction of sp³-hybridized carbons (Fsp3) is 0.974. The van der Waals surface area contributed by atoms with Gasteiger partial charge in [0.2, 0.25) is 5.91 Å². The van der Waals surface area contributed by atoms with Gasteiger partial charge in [-0.05, 0) is 12.8 Å². The summed E-state index contributed by atoms with van der Waals surface area (Å²) < 4.78 is 0. The van der Waals surface area contributed by atoms with Gasteiger partial charge >= 0.3 is 0 Å². The molecular formula is C39H79NO5. The van der Waals surface area contributed by atoms with Crippen LogP contribution in [0.4, 0.5) is 0 Å². The summed E-state index contributed by atoms with van der Waals surface area (Å²) in [5.41, 5.74) is 0. The van der Waals surface area contributed by atoms with Gasteiger partial charge in [-0.3, -0.25) is 4.79 Å². The molecule has 0 radical (unpaired) electrons. The molecule has 0 aliphatic rings. The molecule has 1 unspecified atom stereocenters. The molecule has 0 spiro atoms. The van der Waals surface area contributed by atoms with Crippen molar-refractivity contribution in [3.05, 3.63) is 0 Å². The maximum Gasteiger partial charge on any atom is 0.249 e. The summed E-state index contributed by atoms with van der Waals surface area (Å²) >= 11 is 0. The van der Waals surface area contributed by atoms with E-state index in [2.05, 4.69) is 19.2 Å². The monoisotopic (exact) mass is 642 g/mol. The molecule has 0 rings (SSSR count). The van der Waals surface area contributed by atoms with E-state index in [9.17, 15) is 25.2 Å². The van der Waals surface area contributed by atoms with Crippen LogP contribution in [-0.2, 0) is 4.79 Å². The van der Waals surface area contributed by atoms with Crippen LogP contribution in [0.2, 0.25) is 0 Å². The van der Waals surface area contributed by atoms with Gasteiger partial charge in [-0.1, -0.05) is 200 Å². The molecular weight excluding hydrogens is 562 g/mol. The summed E-state index contributed by atoms with van der Waals surface area (Å²) in [5.74, 6) is -0.581. The fourth-order valence-corrected chi connectivity index (χ4v) is 6.34. The Morgan fingerprint density at radius 1 is 0.467 bits per heavy atom. The number of amides is 1. The van der Waals surface area contributed by atoms with Crippen molar-refractivity contribution >= 4 is 5.91 Å². The van der Waals surface area contributed by atoms with Gasteiger partial charge in [0.1, 0.15) is 12.2 Å². The third-order valence-corrected chi connectivity index (χ3v) is 9.57. The van der Waals surface area contributed by atoms with Gasteiger partial charge in [0, 0.05) is 0 Å². The quantitative estimate of drug-likeness (QED) is 0.0438. The zero-order valence-electron chi connectivity index (χ0n) is 30.1. The van der Waals surface area contributed by atoms with Crippen LogP contribution in [0.15, 0.2) is 0 Å². The molecule has 0 aromatic heterocycles. The summed E-state index contributed by atoms with van der Waals surface area (Å²) in [7, 11) is 0. The highest BCUT2D eigenvalue weighted by Gasteiger charge is 2.28. The molecule has 4 atom stereocenters. The number of unbranched alkanes of at least 4 members (excludes halogenated alkanes) is 27. The van der Waals surface area contributed by atoms with E-state index >= 15 is 0 Å². The molecule has 6 nitrogen and oxygen atoms in total. The highest BCUT2D eigenvalue weighted by Crippen LogP contribution is 2.16. The summed E-state index contributed by atoms with van der Waals surface area (Å²) in [6.45, 7) is 4.04. The lowest BCUT2D eigenvalue weighted by atomic mass is 9.99. The Kier molecular flexibility index (Phi) is 34.1. The van der Waals surface area contributed by atoms with Gasteiger partial charge in [-0.15, -0.1) is 0 Å². The maximum absolute atomic E-state index is 12.5. The van der Waals surface area contributed by atoms with Gasteiger partial charge in [0.25, 0.3) is 0 Å². The highest BCUT2D eigenvalue weighted by molar-refractivity contribution is 5.80. The number of aliphatic hydroxyl groups is 4. The van der Waals surface area contributed by atoms with Crippen LogP contribution in [0.25, 0.3) is 0 Å². The standard InChI is InChI=1S/C39H79NO5/c1-3-5-7-9-11-13-15-17-18-19-20-21-23-25-27-29-31-33-37(43)39(45)40-35(34-41)38(44)36(42)32-30-28-26-24-22-16-14-12-10-8-6-4-2/h35-38,41-44H,3-34H2,1-2H3,(H,40,45)/t35-,36+,37?,38-/m0/s1. The molecule has 0 saturated carbocycles. The van der Waals surface area contributed by atoms with Crippen molar-refractivity contribution in [2.75, 3.05) is 6.61 Å². The van der Waals surface area contributed by atoms with Crippen LogP contribution in [0.1, 0.15) is 213 Å². The summed E-state index contributed by atoms with van der Waals surface area (Å²) in [6.07, 6.45) is 34.1. The van der Waals surface area contributed by atoms with Crippen LogP contribution < -0.4 is 5.32 Å². The molecule has 5 N–H and O–H groups in total. The van der Waals surface area contributed by atoms with Crippen LogP contribution in [0.3, 0.4) is 0 Å². The van der Waals surface area contributed by atoms with E-state index in [1.807, 2.05) is 0 Å². The first-order valence-corrected chi connectivity index (χ1v) is 19.9. The minimum absolute atomic E-state index is 0.375. The van der Waals surface area contributed by atoms with E-state index in [1.165, 1.54) is 148 Å². The smallest absolute Gasteiger partial charge is 0.249 e. The Morgan fingerprint density at radius 2 is 0.756 bits per heavy atom. The summed E-state index contributed by atoms with van der Waals surface area (Å²) in [4.78, 5) is 12.5. The van der Waals surface area contributed by atoms with E-state index in [-0.39, 0.29) is 0 Å². The lowest BCUT2D eigenvalue weighted by Crippen LogP contribution is -2.53. The third-order valence-electron chi connectivity index (χ3n) is 9.57. The van der Waals surface area contributed by atoms with Gasteiger partial charge in [-0.2, -0.15) is 0 Å². The van der Waals surface area contributed by atoms with E-state index in [0.717, 1.165) is 38.5 Å². The first-order valence-electron chi connectivity index (χ1n) is 19.9. The number of rotatable bonds is 36. The van der Waals surface area contributed by atoms with Crippen molar-refractivity contribution in [3.63, 3.8) is 0 Å². The molecule has 0 saturated heterocycles. The average molecular weight is 642 g/mol. The number of hydrogen-bond acceptors (Lipinski definition) is 5. The molecule has 0 aromatic carbocycles. The fourth-order valence-electron chi connectivity index (χ4n) is 6.34. The van der Waals surface area contributed by atoms with E-state index in [1.54, 1.807) is 0 Å². The van der Waals surface area contributed by atoms with E-state index in [0.29, 0.717) is 12.8 Å². The molecule has 0 aromatic rings. The molecule has 6 heteroatoms. The Morgan fingerprint density at radius 3 is 1.07 bits per heavy atom. The number of carbonyl (C=O) groups excluding carboxylic acids is 1. The molecule has 0 aliphatic heterocycles. The lowest BCUT2D eigenvalue weighted by molar-refractivity contribution is -0.132. The maximum atomic E-state index is 12.5. The average Bonchev–Trinajstić information content (AvgIpc) is 3.04. The number of carbonyl (C=O) groups is 1. The normalized spacial score (nSPS) is 14.4. The third kappa shape index (κ3) is 29.2. The summed E-state index contributed by atoms with van der Waals surface area (Å²) in [6, 6.07) is -0.977.